The molecule has 0 radical (unpaired) electrons. The van der Waals surface area contributed by atoms with Gasteiger partial charge in [-0.3, -0.25) is 0 Å². The molecule has 2 aromatic rings. The summed E-state index contributed by atoms with van der Waals surface area (Å²) < 4.78 is 19.7. The number of hydrogen-bond donors (Lipinski definition) is 1. The van der Waals surface area contributed by atoms with Crippen LogP contribution < -0.4 is 10.5 Å². The largest absolute Gasteiger partial charge is 0.486 e. The predicted molar refractivity (Wildman–Crippen MR) is 81.7 cm³/mol. The minimum Gasteiger partial charge on any atom is -0.486 e. The number of ether oxygens (including phenoxy) is 1. The van der Waals surface area contributed by atoms with Crippen LogP contribution >= 0.6 is 0 Å². The lowest BCUT2D eigenvalue weighted by Crippen LogP contribution is -2.44. The van der Waals surface area contributed by atoms with Crippen LogP contribution in [0.15, 0.2) is 48.5 Å². The van der Waals surface area contributed by atoms with E-state index < -0.39 is 0 Å². The number of fused-ring (bicyclic) bond motifs is 1. The summed E-state index contributed by atoms with van der Waals surface area (Å²) in [6.45, 7) is 2.10. The molecule has 2 nitrogen and oxygen atoms in total. The van der Waals surface area contributed by atoms with Crippen LogP contribution in [0.1, 0.15) is 36.9 Å². The van der Waals surface area contributed by atoms with Gasteiger partial charge in [0.25, 0.3) is 0 Å². The third kappa shape index (κ3) is 2.79. The van der Waals surface area contributed by atoms with Crippen LogP contribution in [0.3, 0.4) is 0 Å². The van der Waals surface area contributed by atoms with Gasteiger partial charge in [-0.1, -0.05) is 43.3 Å². The molecule has 0 aliphatic carbocycles. The number of rotatable bonds is 3. The van der Waals surface area contributed by atoms with E-state index in [1.165, 1.54) is 17.7 Å². The summed E-state index contributed by atoms with van der Waals surface area (Å²) in [5, 5.41) is 0. The smallest absolute Gasteiger partial charge is 0.127 e. The fourth-order valence-electron chi connectivity index (χ4n) is 3.11. The van der Waals surface area contributed by atoms with Crippen molar-refractivity contribution < 1.29 is 9.13 Å². The van der Waals surface area contributed by atoms with Crippen LogP contribution in [-0.4, -0.2) is 5.60 Å². The Morgan fingerprint density at radius 1 is 1.24 bits per heavy atom. The van der Waals surface area contributed by atoms with Crippen molar-refractivity contribution in [2.24, 2.45) is 5.73 Å². The average Bonchev–Trinajstić information content (AvgIpc) is 2.47. The minimum atomic E-state index is -0.360. The van der Waals surface area contributed by atoms with E-state index in [9.17, 15) is 4.39 Å². The van der Waals surface area contributed by atoms with E-state index >= 15 is 0 Å². The quantitative estimate of drug-likeness (QED) is 0.925. The number of nitrogens with two attached hydrogens (primary N) is 1. The van der Waals surface area contributed by atoms with Crippen molar-refractivity contribution >= 4 is 0 Å². The van der Waals surface area contributed by atoms with E-state index in [0.29, 0.717) is 5.75 Å². The van der Waals surface area contributed by atoms with E-state index in [1.54, 1.807) is 6.07 Å². The monoisotopic (exact) mass is 285 g/mol. The maximum atomic E-state index is 13.5. The first-order chi connectivity index (χ1) is 10.1. The molecule has 1 unspecified atom stereocenters. The van der Waals surface area contributed by atoms with Crippen LogP contribution in [0.5, 0.6) is 5.75 Å². The molecule has 1 aliphatic rings. The van der Waals surface area contributed by atoms with Gasteiger partial charge in [-0.05, 0) is 18.1 Å². The molecule has 1 aliphatic heterocycles. The predicted octanol–water partition coefficient (Wildman–Crippen LogP) is 4.00. The van der Waals surface area contributed by atoms with Gasteiger partial charge in [0.05, 0.1) is 0 Å². The summed E-state index contributed by atoms with van der Waals surface area (Å²) in [5.41, 5.74) is 8.05. The Morgan fingerprint density at radius 2 is 2.00 bits per heavy atom. The summed E-state index contributed by atoms with van der Waals surface area (Å²) in [6, 6.07) is 14.7. The molecule has 0 saturated carbocycles. The van der Waals surface area contributed by atoms with Gasteiger partial charge >= 0.3 is 0 Å². The average molecular weight is 285 g/mol. The van der Waals surface area contributed by atoms with Gasteiger partial charge in [0.2, 0.25) is 0 Å². The highest BCUT2D eigenvalue weighted by atomic mass is 19.1. The topological polar surface area (TPSA) is 35.2 Å². The van der Waals surface area contributed by atoms with Crippen LogP contribution in [0.4, 0.5) is 4.39 Å². The third-order valence-corrected chi connectivity index (χ3v) is 4.31. The van der Waals surface area contributed by atoms with E-state index in [4.69, 9.17) is 10.5 Å². The molecule has 0 aromatic heterocycles. The fourth-order valence-corrected chi connectivity index (χ4v) is 3.11. The molecule has 2 atom stereocenters. The highest BCUT2D eigenvalue weighted by Crippen LogP contribution is 2.41. The fraction of sp³-hybridized carbons (Fsp3) is 0.333. The molecular formula is C18H20FNO. The number of hydrogen-bond acceptors (Lipinski definition) is 2. The summed E-state index contributed by atoms with van der Waals surface area (Å²) in [6.07, 6.45) is 2.37. The van der Waals surface area contributed by atoms with Crippen LogP contribution in [0.25, 0.3) is 0 Å². The first-order valence-corrected chi connectivity index (χ1v) is 7.40. The van der Waals surface area contributed by atoms with Gasteiger partial charge in [0.15, 0.2) is 0 Å². The van der Waals surface area contributed by atoms with E-state index in [1.807, 2.05) is 18.2 Å². The SMILES string of the molecule is CCC1(Cc2ccccc2)C[C@H](N)c2ccc(F)cc2O1. The van der Waals surface area contributed by atoms with Crippen LogP contribution in [-0.2, 0) is 6.42 Å². The standard InChI is InChI=1S/C18H20FNO/c1-2-18(11-13-6-4-3-5-7-13)12-16(20)15-9-8-14(19)10-17(15)21-18/h3-10,16H,2,11-12,20H2,1H3/t16-,18?/m0/s1. The van der Waals surface area contributed by atoms with Gasteiger partial charge in [0.1, 0.15) is 17.2 Å². The molecule has 0 amide bonds. The van der Waals surface area contributed by atoms with Crippen LogP contribution in [0.2, 0.25) is 0 Å². The van der Waals surface area contributed by atoms with Crippen molar-refractivity contribution in [1.82, 2.24) is 0 Å². The zero-order chi connectivity index (χ0) is 14.9. The molecule has 0 spiro atoms. The van der Waals surface area contributed by atoms with Gasteiger partial charge in [0, 0.05) is 30.5 Å². The summed E-state index contributed by atoms with van der Waals surface area (Å²) in [7, 11) is 0. The van der Waals surface area contributed by atoms with Crippen molar-refractivity contribution in [2.45, 2.75) is 37.8 Å². The Bertz CT molecular complexity index is 628. The summed E-state index contributed by atoms with van der Waals surface area (Å²) in [5.74, 6) is 0.305. The van der Waals surface area contributed by atoms with Crippen molar-refractivity contribution in [2.75, 3.05) is 0 Å². The molecule has 0 fully saturated rings. The lowest BCUT2D eigenvalue weighted by molar-refractivity contribution is 0.0318. The molecule has 110 valence electrons. The van der Waals surface area contributed by atoms with Crippen LogP contribution in [0, 0.1) is 5.82 Å². The third-order valence-electron chi connectivity index (χ3n) is 4.31. The maximum Gasteiger partial charge on any atom is 0.127 e. The summed E-state index contributed by atoms with van der Waals surface area (Å²) in [4.78, 5) is 0. The zero-order valence-electron chi connectivity index (χ0n) is 12.2. The minimum absolute atomic E-state index is 0.113. The highest BCUT2D eigenvalue weighted by molar-refractivity contribution is 5.39. The summed E-state index contributed by atoms with van der Waals surface area (Å²) >= 11 is 0. The molecule has 3 heteroatoms. The van der Waals surface area contributed by atoms with Gasteiger partial charge < -0.3 is 10.5 Å². The van der Waals surface area contributed by atoms with E-state index in [2.05, 4.69) is 19.1 Å². The van der Waals surface area contributed by atoms with E-state index in [0.717, 1.165) is 24.8 Å². The molecule has 3 rings (SSSR count). The Kier molecular flexibility index (Phi) is 3.68. The first kappa shape index (κ1) is 14.1. The molecule has 0 saturated heterocycles. The Labute approximate surface area is 124 Å². The second-order valence-electron chi connectivity index (χ2n) is 5.79. The van der Waals surface area contributed by atoms with Crippen molar-refractivity contribution in [1.29, 1.82) is 0 Å². The van der Waals surface area contributed by atoms with E-state index in [-0.39, 0.29) is 17.5 Å². The molecule has 2 aromatic carbocycles. The highest BCUT2D eigenvalue weighted by Gasteiger charge is 2.38. The van der Waals surface area contributed by atoms with Crippen molar-refractivity contribution in [3.8, 4) is 5.75 Å². The lowest BCUT2D eigenvalue weighted by atomic mass is 9.81. The van der Waals surface area contributed by atoms with Crippen molar-refractivity contribution in [3.05, 3.63) is 65.5 Å². The Balaban J connectivity index is 1.94. The molecule has 21 heavy (non-hydrogen) atoms. The first-order valence-electron chi connectivity index (χ1n) is 7.40. The second kappa shape index (κ2) is 5.49. The lowest BCUT2D eigenvalue weighted by Gasteiger charge is -2.41. The number of halogens is 1. The Morgan fingerprint density at radius 3 is 2.71 bits per heavy atom. The number of benzene rings is 2. The normalized spacial score (nSPS) is 24.2. The van der Waals surface area contributed by atoms with Gasteiger partial charge in [-0.2, -0.15) is 0 Å². The second-order valence-corrected chi connectivity index (χ2v) is 5.79. The van der Waals surface area contributed by atoms with Crippen molar-refractivity contribution in [3.63, 3.8) is 0 Å². The maximum absolute atomic E-state index is 13.5. The molecule has 0 bridgehead atoms. The zero-order valence-corrected chi connectivity index (χ0v) is 12.2. The molecule has 1 heterocycles. The molecular weight excluding hydrogens is 265 g/mol. The Hall–Kier alpha value is -1.87. The van der Waals surface area contributed by atoms with Gasteiger partial charge in [-0.25, -0.2) is 4.39 Å². The molecule has 2 N–H and O–H groups in total. The van der Waals surface area contributed by atoms with Gasteiger partial charge in [-0.15, -0.1) is 0 Å².